The molecule has 0 unspecified atom stereocenters. The van der Waals surface area contributed by atoms with Gasteiger partial charge in [0.2, 0.25) is 5.91 Å². The monoisotopic (exact) mass is 311 g/mol. The molecule has 0 bridgehead atoms. The van der Waals surface area contributed by atoms with Crippen LogP contribution in [0.1, 0.15) is 33.3 Å². The van der Waals surface area contributed by atoms with E-state index in [1.165, 1.54) is 0 Å². The number of nitrogens with zero attached hydrogens (tertiary/aromatic N) is 1. The number of primary amides is 1. The fourth-order valence-electron chi connectivity index (χ4n) is 2.17. The molecular weight excluding hydrogens is 286 g/mol. The van der Waals surface area contributed by atoms with Gasteiger partial charge in [-0.2, -0.15) is 0 Å². The minimum atomic E-state index is -0.335. The molecule has 0 heterocycles. The molecule has 0 aromatic heterocycles. The number of amides is 1. The van der Waals surface area contributed by atoms with Crippen molar-refractivity contribution < 1.29 is 4.79 Å². The Bertz CT molecular complexity index is 475. The van der Waals surface area contributed by atoms with Crippen molar-refractivity contribution in [2.24, 2.45) is 11.7 Å². The number of carbonyl (C=O) groups excluding carboxylic acids is 1. The van der Waals surface area contributed by atoms with Crippen molar-refractivity contribution in [3.63, 3.8) is 0 Å². The first-order valence-corrected chi connectivity index (χ1v) is 7.72. The summed E-state index contributed by atoms with van der Waals surface area (Å²) >= 11 is 6.13. The van der Waals surface area contributed by atoms with Crippen molar-refractivity contribution in [2.45, 2.75) is 40.3 Å². The van der Waals surface area contributed by atoms with Crippen molar-refractivity contribution in [3.05, 3.63) is 28.8 Å². The Labute approximate surface area is 132 Å². The van der Waals surface area contributed by atoms with E-state index in [9.17, 15) is 4.79 Å². The van der Waals surface area contributed by atoms with Crippen LogP contribution in [0.5, 0.6) is 0 Å². The van der Waals surface area contributed by atoms with Crippen LogP contribution in [0.3, 0.4) is 0 Å². The van der Waals surface area contributed by atoms with Crippen LogP contribution in [0.2, 0.25) is 5.02 Å². The van der Waals surface area contributed by atoms with Crippen molar-refractivity contribution >= 4 is 23.2 Å². The van der Waals surface area contributed by atoms with Gasteiger partial charge in [-0.1, -0.05) is 45.4 Å². The molecule has 0 saturated carbocycles. The number of hydrogen-bond acceptors (Lipinski definition) is 3. The number of halogens is 1. The highest BCUT2D eigenvalue weighted by molar-refractivity contribution is 6.30. The topological polar surface area (TPSA) is 58.4 Å². The van der Waals surface area contributed by atoms with Gasteiger partial charge in [-0.15, -0.1) is 0 Å². The molecule has 0 atom stereocenters. The lowest BCUT2D eigenvalue weighted by molar-refractivity contribution is -0.116. The standard InChI is InChI=1S/C16H26ClN3O/c1-11(2)9-20(10-16(18)21)15-7-14(17)6-5-13(15)8-19-12(3)4/h5-7,11-12,19H,8-10H2,1-4H3,(H2,18,21). The highest BCUT2D eigenvalue weighted by atomic mass is 35.5. The number of nitrogens with one attached hydrogen (secondary N) is 1. The van der Waals surface area contributed by atoms with E-state index in [1.807, 2.05) is 23.1 Å². The third-order valence-corrected chi connectivity index (χ3v) is 3.26. The Morgan fingerprint density at radius 1 is 1.33 bits per heavy atom. The summed E-state index contributed by atoms with van der Waals surface area (Å²) in [6, 6.07) is 6.18. The van der Waals surface area contributed by atoms with Crippen LogP contribution in [0.4, 0.5) is 5.69 Å². The molecule has 0 spiro atoms. The quantitative estimate of drug-likeness (QED) is 0.776. The molecule has 0 aliphatic heterocycles. The van der Waals surface area contributed by atoms with Crippen LogP contribution >= 0.6 is 11.6 Å². The van der Waals surface area contributed by atoms with Gasteiger partial charge in [0.15, 0.2) is 0 Å². The van der Waals surface area contributed by atoms with Crippen LogP contribution in [0.15, 0.2) is 18.2 Å². The lowest BCUT2D eigenvalue weighted by Crippen LogP contribution is -2.37. The van der Waals surface area contributed by atoms with Crippen LogP contribution in [-0.4, -0.2) is 25.0 Å². The number of hydrogen-bond donors (Lipinski definition) is 2. The summed E-state index contributed by atoms with van der Waals surface area (Å²) in [6.07, 6.45) is 0. The lowest BCUT2D eigenvalue weighted by atomic mass is 10.1. The summed E-state index contributed by atoms with van der Waals surface area (Å²) < 4.78 is 0. The Hall–Kier alpha value is -1.26. The largest absolute Gasteiger partial charge is 0.368 e. The molecule has 5 heteroatoms. The molecule has 0 saturated heterocycles. The molecule has 0 aliphatic rings. The van der Waals surface area contributed by atoms with Gasteiger partial charge < -0.3 is 16.0 Å². The first-order chi connectivity index (χ1) is 9.79. The van der Waals surface area contributed by atoms with E-state index in [0.717, 1.165) is 24.3 Å². The zero-order valence-electron chi connectivity index (χ0n) is 13.3. The van der Waals surface area contributed by atoms with E-state index in [-0.39, 0.29) is 12.5 Å². The van der Waals surface area contributed by atoms with Gasteiger partial charge in [0.25, 0.3) is 0 Å². The van der Waals surface area contributed by atoms with Gasteiger partial charge >= 0.3 is 0 Å². The van der Waals surface area contributed by atoms with Crippen LogP contribution in [0.25, 0.3) is 0 Å². The normalized spacial score (nSPS) is 11.2. The molecule has 21 heavy (non-hydrogen) atoms. The maximum Gasteiger partial charge on any atom is 0.236 e. The smallest absolute Gasteiger partial charge is 0.236 e. The summed E-state index contributed by atoms with van der Waals surface area (Å²) in [5, 5.41) is 4.06. The zero-order chi connectivity index (χ0) is 16.0. The van der Waals surface area contributed by atoms with Gasteiger partial charge in [0.1, 0.15) is 0 Å². The summed E-state index contributed by atoms with van der Waals surface area (Å²) in [5.41, 5.74) is 7.48. The van der Waals surface area contributed by atoms with Gasteiger partial charge in [-0.25, -0.2) is 0 Å². The summed E-state index contributed by atoms with van der Waals surface area (Å²) in [5.74, 6) is 0.0904. The first kappa shape index (κ1) is 17.8. The highest BCUT2D eigenvalue weighted by Crippen LogP contribution is 2.26. The number of carbonyl (C=O) groups is 1. The Balaban J connectivity index is 3.07. The average Bonchev–Trinajstić information content (AvgIpc) is 2.35. The Morgan fingerprint density at radius 2 is 2.00 bits per heavy atom. The van der Waals surface area contributed by atoms with Crippen LogP contribution in [-0.2, 0) is 11.3 Å². The van der Waals surface area contributed by atoms with Gasteiger partial charge in [-0.05, 0) is 23.6 Å². The molecular formula is C16H26ClN3O. The minimum absolute atomic E-state index is 0.202. The zero-order valence-corrected chi connectivity index (χ0v) is 14.1. The predicted molar refractivity (Wildman–Crippen MR) is 89.7 cm³/mol. The molecule has 4 nitrogen and oxygen atoms in total. The Morgan fingerprint density at radius 3 is 2.52 bits per heavy atom. The number of benzene rings is 1. The van der Waals surface area contributed by atoms with E-state index in [0.29, 0.717) is 17.0 Å². The van der Waals surface area contributed by atoms with E-state index >= 15 is 0 Å². The highest BCUT2D eigenvalue weighted by Gasteiger charge is 2.15. The van der Waals surface area contributed by atoms with Crippen molar-refractivity contribution in [3.8, 4) is 0 Å². The fraction of sp³-hybridized carbons (Fsp3) is 0.562. The SMILES string of the molecule is CC(C)CN(CC(N)=O)c1cc(Cl)ccc1CNC(C)C. The number of rotatable bonds is 8. The molecule has 0 aliphatic carbocycles. The third kappa shape index (κ3) is 6.36. The van der Waals surface area contributed by atoms with E-state index in [2.05, 4.69) is 33.0 Å². The van der Waals surface area contributed by atoms with Gasteiger partial charge in [-0.3, -0.25) is 4.79 Å². The molecule has 3 N–H and O–H groups in total. The number of anilines is 1. The average molecular weight is 312 g/mol. The van der Waals surface area contributed by atoms with Crippen molar-refractivity contribution in [2.75, 3.05) is 18.0 Å². The van der Waals surface area contributed by atoms with Crippen LogP contribution < -0.4 is 16.0 Å². The molecule has 0 radical (unpaired) electrons. The molecule has 118 valence electrons. The Kier molecular flexibility index (Phi) is 6.99. The molecule has 1 rings (SSSR count). The fourth-order valence-corrected chi connectivity index (χ4v) is 2.34. The summed E-state index contributed by atoms with van der Waals surface area (Å²) in [6.45, 7) is 10.1. The summed E-state index contributed by atoms with van der Waals surface area (Å²) in [4.78, 5) is 13.4. The summed E-state index contributed by atoms with van der Waals surface area (Å²) in [7, 11) is 0. The first-order valence-electron chi connectivity index (χ1n) is 7.34. The van der Waals surface area contributed by atoms with Crippen molar-refractivity contribution in [1.82, 2.24) is 5.32 Å². The van der Waals surface area contributed by atoms with E-state index in [4.69, 9.17) is 17.3 Å². The van der Waals surface area contributed by atoms with Gasteiger partial charge in [0.05, 0.1) is 6.54 Å². The van der Waals surface area contributed by atoms with E-state index in [1.54, 1.807) is 0 Å². The third-order valence-electron chi connectivity index (χ3n) is 3.02. The minimum Gasteiger partial charge on any atom is -0.368 e. The molecule has 1 amide bonds. The van der Waals surface area contributed by atoms with E-state index < -0.39 is 0 Å². The molecule has 1 aromatic carbocycles. The van der Waals surface area contributed by atoms with Crippen LogP contribution in [0, 0.1) is 5.92 Å². The second kappa shape index (κ2) is 8.25. The molecule has 0 fully saturated rings. The maximum absolute atomic E-state index is 11.4. The second-order valence-electron chi connectivity index (χ2n) is 6.05. The van der Waals surface area contributed by atoms with Gasteiger partial charge in [0, 0.05) is 29.8 Å². The lowest BCUT2D eigenvalue weighted by Gasteiger charge is -2.28. The second-order valence-corrected chi connectivity index (χ2v) is 6.49. The van der Waals surface area contributed by atoms with Crippen molar-refractivity contribution in [1.29, 1.82) is 0 Å². The maximum atomic E-state index is 11.4. The predicted octanol–water partition coefficient (Wildman–Crippen LogP) is 2.79. The number of nitrogens with two attached hydrogens (primary N) is 1. The molecule has 1 aromatic rings.